The average molecular weight is 299 g/mol. The molecule has 1 aromatic rings. The van der Waals surface area contributed by atoms with Crippen molar-refractivity contribution >= 4 is 5.96 Å². The number of rotatable bonds is 5. The molecule has 1 aromatic carbocycles. The lowest BCUT2D eigenvalue weighted by atomic mass is 10.1. The predicted octanol–water partition coefficient (Wildman–Crippen LogP) is 3.17. The first-order valence-electron chi connectivity index (χ1n) is 7.09. The lowest BCUT2D eigenvalue weighted by Crippen LogP contribution is -2.37. The molecule has 0 atom stereocenters. The summed E-state index contributed by atoms with van der Waals surface area (Å²) < 4.78 is 37.9. The zero-order valence-electron chi connectivity index (χ0n) is 12.0. The van der Waals surface area contributed by atoms with Crippen LogP contribution in [0, 0.1) is 5.92 Å². The largest absolute Gasteiger partial charge is 0.416 e. The van der Waals surface area contributed by atoms with Gasteiger partial charge in [0.1, 0.15) is 0 Å². The first-order chi connectivity index (χ1) is 9.99. The third-order valence-electron chi connectivity index (χ3n) is 3.48. The normalized spacial score (nSPS) is 15.9. The van der Waals surface area contributed by atoms with Crippen LogP contribution < -0.4 is 10.6 Å². The van der Waals surface area contributed by atoms with Gasteiger partial charge in [-0.15, -0.1) is 0 Å². The highest BCUT2D eigenvalue weighted by atomic mass is 19.4. The Bertz CT molecular complexity index is 493. The molecule has 0 aliphatic heterocycles. The molecular formula is C15H20F3N3. The van der Waals surface area contributed by atoms with E-state index in [4.69, 9.17) is 0 Å². The van der Waals surface area contributed by atoms with Crippen molar-refractivity contribution in [1.82, 2.24) is 10.6 Å². The number of benzene rings is 1. The maximum Gasteiger partial charge on any atom is 0.416 e. The van der Waals surface area contributed by atoms with Gasteiger partial charge >= 0.3 is 6.18 Å². The van der Waals surface area contributed by atoms with Crippen molar-refractivity contribution in [1.29, 1.82) is 0 Å². The molecule has 0 heterocycles. The highest BCUT2D eigenvalue weighted by molar-refractivity contribution is 5.79. The number of nitrogens with zero attached hydrogens (tertiary/aromatic N) is 1. The second-order valence-corrected chi connectivity index (χ2v) is 5.28. The van der Waals surface area contributed by atoms with Crippen LogP contribution in [0.15, 0.2) is 29.3 Å². The summed E-state index contributed by atoms with van der Waals surface area (Å²) in [6.45, 7) is 1.15. The lowest BCUT2D eigenvalue weighted by Gasteiger charge is -2.13. The molecule has 1 aliphatic rings. The van der Waals surface area contributed by atoms with Gasteiger partial charge in [-0.25, -0.2) is 0 Å². The molecule has 1 aliphatic carbocycles. The van der Waals surface area contributed by atoms with Crippen LogP contribution in [0.1, 0.15) is 30.4 Å². The first kappa shape index (κ1) is 15.7. The van der Waals surface area contributed by atoms with Crippen molar-refractivity contribution in [2.24, 2.45) is 10.9 Å². The topological polar surface area (TPSA) is 36.4 Å². The van der Waals surface area contributed by atoms with Crippen LogP contribution in [-0.2, 0) is 12.7 Å². The van der Waals surface area contributed by atoms with Gasteiger partial charge in [-0.1, -0.05) is 25.0 Å². The van der Waals surface area contributed by atoms with Gasteiger partial charge in [0.05, 0.1) is 5.56 Å². The Balaban J connectivity index is 1.82. The van der Waals surface area contributed by atoms with E-state index < -0.39 is 11.7 Å². The second kappa shape index (κ2) is 6.83. The Hall–Kier alpha value is -1.72. The number of hydrogen-bond acceptors (Lipinski definition) is 1. The highest BCUT2D eigenvalue weighted by Crippen LogP contribution is 2.31. The molecule has 0 aromatic heterocycles. The number of alkyl halides is 3. The van der Waals surface area contributed by atoms with Crippen LogP contribution >= 0.6 is 0 Å². The Labute approximate surface area is 122 Å². The fourth-order valence-corrected chi connectivity index (χ4v) is 2.07. The van der Waals surface area contributed by atoms with Crippen molar-refractivity contribution in [3.63, 3.8) is 0 Å². The highest BCUT2D eigenvalue weighted by Gasteiger charge is 2.30. The van der Waals surface area contributed by atoms with Crippen molar-refractivity contribution in [2.45, 2.75) is 32.0 Å². The summed E-state index contributed by atoms with van der Waals surface area (Å²) in [5.41, 5.74) is -0.0477. The molecule has 21 heavy (non-hydrogen) atoms. The van der Waals surface area contributed by atoms with E-state index in [-0.39, 0.29) is 0 Å². The van der Waals surface area contributed by atoms with Gasteiger partial charge in [0.25, 0.3) is 0 Å². The average Bonchev–Trinajstić information content (AvgIpc) is 3.26. The van der Waals surface area contributed by atoms with Crippen molar-refractivity contribution in [3.05, 3.63) is 35.4 Å². The Morgan fingerprint density at radius 1 is 1.29 bits per heavy atom. The van der Waals surface area contributed by atoms with Gasteiger partial charge in [0.2, 0.25) is 0 Å². The van der Waals surface area contributed by atoms with E-state index in [9.17, 15) is 13.2 Å². The zero-order valence-corrected chi connectivity index (χ0v) is 12.0. The molecule has 6 heteroatoms. The van der Waals surface area contributed by atoms with E-state index in [1.165, 1.54) is 18.9 Å². The second-order valence-electron chi connectivity index (χ2n) is 5.28. The maximum absolute atomic E-state index is 12.6. The van der Waals surface area contributed by atoms with Crippen molar-refractivity contribution in [3.8, 4) is 0 Å². The Kier molecular flexibility index (Phi) is 5.09. The van der Waals surface area contributed by atoms with E-state index in [1.54, 1.807) is 13.1 Å². The van der Waals surface area contributed by atoms with E-state index in [0.29, 0.717) is 18.1 Å². The van der Waals surface area contributed by atoms with Crippen LogP contribution in [0.3, 0.4) is 0 Å². The summed E-state index contributed by atoms with van der Waals surface area (Å²) in [4.78, 5) is 4.06. The summed E-state index contributed by atoms with van der Waals surface area (Å²) in [5.74, 6) is 1.45. The Morgan fingerprint density at radius 2 is 2.05 bits per heavy atom. The quantitative estimate of drug-likeness (QED) is 0.647. The van der Waals surface area contributed by atoms with Crippen LogP contribution in [0.2, 0.25) is 0 Å². The summed E-state index contributed by atoms with van der Waals surface area (Å²) in [6.07, 6.45) is -0.583. The van der Waals surface area contributed by atoms with E-state index in [2.05, 4.69) is 15.6 Å². The van der Waals surface area contributed by atoms with Crippen molar-refractivity contribution < 1.29 is 13.2 Å². The summed E-state index contributed by atoms with van der Waals surface area (Å²) in [7, 11) is 1.65. The summed E-state index contributed by atoms with van der Waals surface area (Å²) >= 11 is 0. The number of nitrogens with one attached hydrogen (secondary N) is 2. The Morgan fingerprint density at radius 3 is 2.67 bits per heavy atom. The van der Waals surface area contributed by atoms with Gasteiger partial charge < -0.3 is 10.6 Å². The fourth-order valence-electron chi connectivity index (χ4n) is 2.07. The summed E-state index contributed by atoms with van der Waals surface area (Å²) in [5, 5.41) is 6.20. The molecular weight excluding hydrogens is 279 g/mol. The van der Waals surface area contributed by atoms with E-state index >= 15 is 0 Å². The molecule has 0 spiro atoms. The predicted molar refractivity (Wildman–Crippen MR) is 77.0 cm³/mol. The number of hydrogen-bond donors (Lipinski definition) is 2. The maximum atomic E-state index is 12.6. The first-order valence-corrected chi connectivity index (χ1v) is 7.09. The molecule has 0 saturated heterocycles. The minimum Gasteiger partial charge on any atom is -0.356 e. The third kappa shape index (κ3) is 5.28. The van der Waals surface area contributed by atoms with Crippen LogP contribution in [0.25, 0.3) is 0 Å². The standard InChI is InChI=1S/C15H20F3N3/c1-19-14(20-8-7-11-5-6-11)21-10-12-3-2-4-13(9-12)15(16,17)18/h2-4,9,11H,5-8,10H2,1H3,(H2,19,20,21). The minimum absolute atomic E-state index is 0.313. The molecule has 0 amide bonds. The van der Waals surface area contributed by atoms with Gasteiger partial charge in [-0.05, 0) is 30.0 Å². The summed E-state index contributed by atoms with van der Waals surface area (Å²) in [6, 6.07) is 5.32. The van der Waals surface area contributed by atoms with Gasteiger partial charge in [0, 0.05) is 20.1 Å². The van der Waals surface area contributed by atoms with Crippen molar-refractivity contribution in [2.75, 3.05) is 13.6 Å². The van der Waals surface area contributed by atoms with Gasteiger partial charge in [-0.2, -0.15) is 13.2 Å². The van der Waals surface area contributed by atoms with Gasteiger partial charge in [-0.3, -0.25) is 4.99 Å². The molecule has 0 radical (unpaired) electrons. The number of guanidine groups is 1. The minimum atomic E-state index is -4.31. The third-order valence-corrected chi connectivity index (χ3v) is 3.48. The molecule has 2 N–H and O–H groups in total. The molecule has 0 unspecified atom stereocenters. The van der Waals surface area contributed by atoms with Crippen LogP contribution in [0.5, 0.6) is 0 Å². The molecule has 116 valence electrons. The van der Waals surface area contributed by atoms with E-state index in [0.717, 1.165) is 31.0 Å². The molecule has 1 saturated carbocycles. The fraction of sp³-hybridized carbons (Fsp3) is 0.533. The van der Waals surface area contributed by atoms with Gasteiger partial charge in [0.15, 0.2) is 5.96 Å². The molecule has 3 nitrogen and oxygen atoms in total. The monoisotopic (exact) mass is 299 g/mol. The van der Waals surface area contributed by atoms with Crippen LogP contribution in [0.4, 0.5) is 13.2 Å². The lowest BCUT2D eigenvalue weighted by molar-refractivity contribution is -0.137. The molecule has 1 fully saturated rings. The SMILES string of the molecule is CN=C(NCCC1CC1)NCc1cccc(C(F)(F)F)c1. The molecule has 0 bridgehead atoms. The number of aliphatic imine (C=N–C) groups is 1. The van der Waals surface area contributed by atoms with E-state index in [1.807, 2.05) is 0 Å². The smallest absolute Gasteiger partial charge is 0.356 e. The number of halogens is 3. The molecule has 2 rings (SSSR count). The van der Waals surface area contributed by atoms with Crippen LogP contribution in [-0.4, -0.2) is 19.6 Å². The zero-order chi connectivity index (χ0) is 15.3.